The van der Waals surface area contributed by atoms with E-state index in [1.54, 1.807) is 29.1 Å². The van der Waals surface area contributed by atoms with E-state index in [0.29, 0.717) is 17.0 Å². The molecule has 0 bridgehead atoms. The van der Waals surface area contributed by atoms with Gasteiger partial charge in [0.2, 0.25) is 0 Å². The average molecular weight is 314 g/mol. The molecule has 1 aromatic heterocycles. The fourth-order valence-electron chi connectivity index (χ4n) is 1.52. The number of hydrogen-bond acceptors (Lipinski definition) is 2. The Morgan fingerprint density at radius 1 is 1.53 bits per heavy atom. The zero-order chi connectivity index (χ0) is 12.4. The number of benzene rings is 1. The second kappa shape index (κ2) is 5.02. The van der Waals surface area contributed by atoms with Gasteiger partial charge in [0.1, 0.15) is 0 Å². The third kappa shape index (κ3) is 2.96. The molecular weight excluding hydrogens is 304 g/mol. The second-order valence-corrected chi connectivity index (χ2v) is 5.01. The van der Waals surface area contributed by atoms with Gasteiger partial charge in [0, 0.05) is 29.7 Å². The average Bonchev–Trinajstić information content (AvgIpc) is 2.68. The fourth-order valence-corrected chi connectivity index (χ4v) is 1.95. The van der Waals surface area contributed by atoms with Gasteiger partial charge in [-0.15, -0.1) is 0 Å². The minimum atomic E-state index is 0.0346. The summed E-state index contributed by atoms with van der Waals surface area (Å²) in [7, 11) is 1.82. The van der Waals surface area contributed by atoms with Crippen molar-refractivity contribution >= 4 is 33.3 Å². The van der Waals surface area contributed by atoms with E-state index < -0.39 is 0 Å². The third-order valence-electron chi connectivity index (χ3n) is 2.36. The first-order valence-corrected chi connectivity index (χ1v) is 6.19. The molecule has 0 aliphatic carbocycles. The van der Waals surface area contributed by atoms with Gasteiger partial charge in [0.05, 0.1) is 11.2 Å². The Balaban J connectivity index is 2.17. The minimum absolute atomic E-state index is 0.0346. The molecule has 17 heavy (non-hydrogen) atoms. The van der Waals surface area contributed by atoms with Crippen molar-refractivity contribution in [1.82, 2.24) is 9.78 Å². The Bertz CT molecular complexity index is 565. The number of rotatable bonds is 3. The van der Waals surface area contributed by atoms with Crippen LogP contribution in [-0.2, 0) is 13.5 Å². The van der Waals surface area contributed by atoms with Crippen LogP contribution in [-0.4, -0.2) is 15.6 Å². The van der Waals surface area contributed by atoms with Crippen molar-refractivity contribution in [2.45, 2.75) is 6.42 Å². The number of Topliss-reactive ketones (excluding diaryl/α,β-unsaturated/α-hetero) is 1. The second-order valence-electron chi connectivity index (χ2n) is 3.75. The summed E-state index contributed by atoms with van der Waals surface area (Å²) >= 11 is 9.24. The number of aromatic nitrogens is 2. The molecule has 0 aliphatic heterocycles. The highest BCUT2D eigenvalue weighted by molar-refractivity contribution is 9.10. The fraction of sp³-hybridized carbons (Fsp3) is 0.167. The third-order valence-corrected chi connectivity index (χ3v) is 3.60. The van der Waals surface area contributed by atoms with Gasteiger partial charge >= 0.3 is 0 Å². The van der Waals surface area contributed by atoms with Crippen LogP contribution in [0.3, 0.4) is 0 Å². The monoisotopic (exact) mass is 312 g/mol. The lowest BCUT2D eigenvalue weighted by Gasteiger charge is -2.01. The molecule has 2 rings (SSSR count). The maximum absolute atomic E-state index is 12.0. The summed E-state index contributed by atoms with van der Waals surface area (Å²) in [4.78, 5) is 12.0. The van der Waals surface area contributed by atoms with Gasteiger partial charge in [-0.3, -0.25) is 9.48 Å². The summed E-state index contributed by atoms with van der Waals surface area (Å²) in [6.07, 6.45) is 3.86. The number of nitrogens with zero attached hydrogens (tertiary/aromatic N) is 2. The molecule has 0 radical (unpaired) electrons. The molecule has 0 N–H and O–H groups in total. The van der Waals surface area contributed by atoms with E-state index in [4.69, 9.17) is 11.6 Å². The maximum Gasteiger partial charge on any atom is 0.167 e. The standard InChI is InChI=1S/C12H10BrClN2O/c1-16-7-8(6-15-16)4-12(17)9-2-3-10(13)11(14)5-9/h2-3,5-7H,4H2,1H3. The zero-order valence-corrected chi connectivity index (χ0v) is 11.5. The SMILES string of the molecule is Cn1cc(CC(=O)c2ccc(Br)c(Cl)c2)cn1. The highest BCUT2D eigenvalue weighted by Gasteiger charge is 2.10. The van der Waals surface area contributed by atoms with Gasteiger partial charge in [0.25, 0.3) is 0 Å². The number of halogens is 2. The number of carbonyl (C=O) groups is 1. The topological polar surface area (TPSA) is 34.9 Å². The summed E-state index contributed by atoms with van der Waals surface area (Å²) in [6, 6.07) is 5.21. The largest absolute Gasteiger partial charge is 0.294 e. The van der Waals surface area contributed by atoms with Crippen LogP contribution >= 0.6 is 27.5 Å². The minimum Gasteiger partial charge on any atom is -0.294 e. The van der Waals surface area contributed by atoms with E-state index in [-0.39, 0.29) is 5.78 Å². The molecule has 1 heterocycles. The zero-order valence-electron chi connectivity index (χ0n) is 9.15. The Hall–Kier alpha value is -1.13. The highest BCUT2D eigenvalue weighted by atomic mass is 79.9. The Kier molecular flexibility index (Phi) is 3.64. The molecule has 0 saturated heterocycles. The number of carbonyl (C=O) groups excluding carboxylic acids is 1. The molecule has 5 heteroatoms. The Morgan fingerprint density at radius 2 is 2.29 bits per heavy atom. The van der Waals surface area contributed by atoms with E-state index in [1.165, 1.54) is 0 Å². The van der Waals surface area contributed by atoms with Crippen LogP contribution in [0.15, 0.2) is 35.1 Å². The van der Waals surface area contributed by atoms with Crippen molar-refractivity contribution in [3.63, 3.8) is 0 Å². The predicted molar refractivity (Wildman–Crippen MR) is 70.4 cm³/mol. The van der Waals surface area contributed by atoms with E-state index in [0.717, 1.165) is 10.0 Å². The molecular formula is C12H10BrClN2O. The van der Waals surface area contributed by atoms with Crippen LogP contribution < -0.4 is 0 Å². The lowest BCUT2D eigenvalue weighted by atomic mass is 10.1. The smallest absolute Gasteiger partial charge is 0.167 e. The van der Waals surface area contributed by atoms with Gasteiger partial charge in [0.15, 0.2) is 5.78 Å². The molecule has 0 amide bonds. The van der Waals surface area contributed by atoms with Crippen LogP contribution in [0.4, 0.5) is 0 Å². The summed E-state index contributed by atoms with van der Waals surface area (Å²) in [5.41, 5.74) is 1.51. The van der Waals surface area contributed by atoms with Crippen molar-refractivity contribution in [3.05, 3.63) is 51.2 Å². The summed E-state index contributed by atoms with van der Waals surface area (Å²) < 4.78 is 2.47. The van der Waals surface area contributed by atoms with Crippen LogP contribution in [0.5, 0.6) is 0 Å². The van der Waals surface area contributed by atoms with Crippen molar-refractivity contribution < 1.29 is 4.79 Å². The van der Waals surface area contributed by atoms with Gasteiger partial charge in [-0.05, 0) is 33.6 Å². The lowest BCUT2D eigenvalue weighted by Crippen LogP contribution is -2.02. The Morgan fingerprint density at radius 3 is 2.88 bits per heavy atom. The molecule has 0 unspecified atom stereocenters. The molecule has 3 nitrogen and oxygen atoms in total. The summed E-state index contributed by atoms with van der Waals surface area (Å²) in [5, 5.41) is 4.57. The van der Waals surface area contributed by atoms with Crippen LogP contribution in [0.2, 0.25) is 5.02 Å². The van der Waals surface area contributed by atoms with Crippen LogP contribution in [0, 0.1) is 0 Å². The van der Waals surface area contributed by atoms with Crippen molar-refractivity contribution in [1.29, 1.82) is 0 Å². The molecule has 88 valence electrons. The number of ketones is 1. The molecule has 0 atom stereocenters. The van der Waals surface area contributed by atoms with Crippen LogP contribution in [0.1, 0.15) is 15.9 Å². The van der Waals surface area contributed by atoms with E-state index in [1.807, 2.05) is 13.2 Å². The number of aryl methyl sites for hydroxylation is 1. The van der Waals surface area contributed by atoms with Gasteiger partial charge in [-0.1, -0.05) is 17.7 Å². The van der Waals surface area contributed by atoms with Crippen LogP contribution in [0.25, 0.3) is 0 Å². The first-order valence-electron chi connectivity index (χ1n) is 5.02. The maximum atomic E-state index is 12.0. The van der Waals surface area contributed by atoms with E-state index >= 15 is 0 Å². The van der Waals surface area contributed by atoms with Gasteiger partial charge in [-0.25, -0.2) is 0 Å². The molecule has 0 saturated carbocycles. The number of hydrogen-bond donors (Lipinski definition) is 0. The molecule has 0 aliphatic rings. The quantitative estimate of drug-likeness (QED) is 0.815. The van der Waals surface area contributed by atoms with E-state index in [2.05, 4.69) is 21.0 Å². The molecule has 1 aromatic carbocycles. The van der Waals surface area contributed by atoms with Crippen molar-refractivity contribution in [3.8, 4) is 0 Å². The normalized spacial score (nSPS) is 10.5. The van der Waals surface area contributed by atoms with Crippen molar-refractivity contribution in [2.24, 2.45) is 7.05 Å². The van der Waals surface area contributed by atoms with E-state index in [9.17, 15) is 4.79 Å². The summed E-state index contributed by atoms with van der Waals surface area (Å²) in [5.74, 6) is 0.0346. The first kappa shape index (κ1) is 12.3. The highest BCUT2D eigenvalue weighted by Crippen LogP contribution is 2.23. The molecule has 0 spiro atoms. The van der Waals surface area contributed by atoms with Crippen molar-refractivity contribution in [2.75, 3.05) is 0 Å². The Labute approximate surface area is 113 Å². The summed E-state index contributed by atoms with van der Waals surface area (Å²) in [6.45, 7) is 0. The molecule has 0 fully saturated rings. The van der Waals surface area contributed by atoms with Gasteiger partial charge in [-0.2, -0.15) is 5.10 Å². The first-order chi connectivity index (χ1) is 8.06. The predicted octanol–water partition coefficient (Wildman–Crippen LogP) is 3.26. The lowest BCUT2D eigenvalue weighted by molar-refractivity contribution is 0.0993. The van der Waals surface area contributed by atoms with Gasteiger partial charge < -0.3 is 0 Å². The molecule has 2 aromatic rings.